The van der Waals surface area contributed by atoms with Crippen LogP contribution in [0.15, 0.2) is 53.4 Å². The lowest BCUT2D eigenvalue weighted by Gasteiger charge is -2.30. The van der Waals surface area contributed by atoms with Crippen molar-refractivity contribution < 1.29 is 18.0 Å². The number of fused-ring (bicyclic) bond motifs is 1. The van der Waals surface area contributed by atoms with Crippen molar-refractivity contribution >= 4 is 27.5 Å². The molecule has 1 aliphatic rings. The first kappa shape index (κ1) is 20.8. The van der Waals surface area contributed by atoms with Gasteiger partial charge in [-0.3, -0.25) is 20.4 Å². The molecule has 8 nitrogen and oxygen atoms in total. The van der Waals surface area contributed by atoms with Crippen LogP contribution in [0.3, 0.4) is 0 Å². The first-order valence-corrected chi connectivity index (χ1v) is 10.7. The third-order valence-corrected chi connectivity index (χ3v) is 6.54. The van der Waals surface area contributed by atoms with Gasteiger partial charge >= 0.3 is 0 Å². The highest BCUT2D eigenvalue weighted by Gasteiger charge is 2.20. The van der Waals surface area contributed by atoms with Crippen molar-refractivity contribution in [2.75, 3.05) is 32.1 Å². The predicted molar refractivity (Wildman–Crippen MR) is 110 cm³/mol. The Morgan fingerprint density at radius 1 is 1.07 bits per heavy atom. The van der Waals surface area contributed by atoms with Crippen LogP contribution in [0.25, 0.3) is 0 Å². The summed E-state index contributed by atoms with van der Waals surface area (Å²) in [5.74, 6) is -0.944. The van der Waals surface area contributed by atoms with Gasteiger partial charge in [-0.1, -0.05) is 24.3 Å². The molecule has 29 heavy (non-hydrogen) atoms. The van der Waals surface area contributed by atoms with Gasteiger partial charge < -0.3 is 4.90 Å². The molecular weight excluding hydrogens is 392 g/mol. The number of amides is 2. The van der Waals surface area contributed by atoms with Gasteiger partial charge in [-0.25, -0.2) is 12.7 Å². The fraction of sp³-hybridized carbons (Fsp3) is 0.300. The zero-order valence-corrected chi connectivity index (χ0v) is 17.2. The SMILES string of the molecule is CN(C)S(=O)(=O)c1cccc(C(=O)NNC(=O)CN2CCCc3ccccc32)c1. The number of sulfonamides is 1. The number of hydrogen-bond donors (Lipinski definition) is 2. The number of benzene rings is 2. The van der Waals surface area contributed by atoms with Gasteiger partial charge in [0, 0.05) is 31.9 Å². The third kappa shape index (κ3) is 4.75. The zero-order valence-electron chi connectivity index (χ0n) is 16.4. The molecule has 0 fully saturated rings. The number of anilines is 1. The van der Waals surface area contributed by atoms with E-state index in [-0.39, 0.29) is 22.9 Å². The molecular formula is C20H24N4O4S. The molecule has 0 spiro atoms. The van der Waals surface area contributed by atoms with Crippen LogP contribution in [0, 0.1) is 0 Å². The monoisotopic (exact) mass is 416 g/mol. The molecule has 0 radical (unpaired) electrons. The van der Waals surface area contributed by atoms with Crippen molar-refractivity contribution in [3.63, 3.8) is 0 Å². The van der Waals surface area contributed by atoms with Crippen LogP contribution in [-0.2, 0) is 21.2 Å². The van der Waals surface area contributed by atoms with Crippen molar-refractivity contribution in [2.24, 2.45) is 0 Å². The third-order valence-electron chi connectivity index (χ3n) is 4.73. The Morgan fingerprint density at radius 3 is 2.59 bits per heavy atom. The number of nitrogens with zero attached hydrogens (tertiary/aromatic N) is 2. The van der Waals surface area contributed by atoms with Gasteiger partial charge in [-0.05, 0) is 42.7 Å². The molecule has 154 valence electrons. The van der Waals surface area contributed by atoms with Gasteiger partial charge in [-0.2, -0.15) is 0 Å². The van der Waals surface area contributed by atoms with Gasteiger partial charge in [0.15, 0.2) is 0 Å². The second-order valence-electron chi connectivity index (χ2n) is 6.97. The Balaban J connectivity index is 1.61. The quantitative estimate of drug-likeness (QED) is 0.713. The lowest BCUT2D eigenvalue weighted by Crippen LogP contribution is -2.47. The summed E-state index contributed by atoms with van der Waals surface area (Å²) in [7, 11) is -0.817. The minimum absolute atomic E-state index is 0.00593. The fourth-order valence-corrected chi connectivity index (χ4v) is 4.14. The summed E-state index contributed by atoms with van der Waals surface area (Å²) in [5.41, 5.74) is 7.11. The van der Waals surface area contributed by atoms with E-state index in [4.69, 9.17) is 0 Å². The summed E-state index contributed by atoms with van der Waals surface area (Å²) >= 11 is 0. The molecule has 3 rings (SSSR count). The summed E-state index contributed by atoms with van der Waals surface area (Å²) in [6.45, 7) is 0.884. The maximum atomic E-state index is 12.3. The van der Waals surface area contributed by atoms with Gasteiger partial charge in [0.1, 0.15) is 0 Å². The molecule has 2 amide bonds. The van der Waals surface area contributed by atoms with Crippen LogP contribution in [-0.4, -0.2) is 51.7 Å². The van der Waals surface area contributed by atoms with Crippen molar-refractivity contribution in [1.29, 1.82) is 0 Å². The van der Waals surface area contributed by atoms with Crippen molar-refractivity contribution in [3.05, 3.63) is 59.7 Å². The Hall–Kier alpha value is -2.91. The number of nitrogens with one attached hydrogen (secondary N) is 2. The molecule has 2 N–H and O–H groups in total. The molecule has 0 saturated carbocycles. The first-order valence-electron chi connectivity index (χ1n) is 9.23. The molecule has 0 bridgehead atoms. The van der Waals surface area contributed by atoms with Crippen LogP contribution in [0.1, 0.15) is 22.3 Å². The van der Waals surface area contributed by atoms with E-state index in [1.165, 1.54) is 43.9 Å². The van der Waals surface area contributed by atoms with E-state index in [1.54, 1.807) is 0 Å². The Kier molecular flexibility index (Phi) is 6.19. The van der Waals surface area contributed by atoms with E-state index < -0.39 is 15.9 Å². The second-order valence-corrected chi connectivity index (χ2v) is 9.12. The number of para-hydroxylation sites is 1. The predicted octanol–water partition coefficient (Wildman–Crippen LogP) is 1.15. The smallest absolute Gasteiger partial charge is 0.269 e. The average Bonchev–Trinajstić information content (AvgIpc) is 2.72. The van der Waals surface area contributed by atoms with Gasteiger partial charge in [0.2, 0.25) is 10.0 Å². The Labute approximate surface area is 170 Å². The molecule has 1 heterocycles. The molecule has 0 unspecified atom stereocenters. The fourth-order valence-electron chi connectivity index (χ4n) is 3.20. The van der Waals surface area contributed by atoms with Crippen LogP contribution in [0.4, 0.5) is 5.69 Å². The van der Waals surface area contributed by atoms with E-state index >= 15 is 0 Å². The standard InChI is InChI=1S/C20H24N4O4S/c1-23(2)29(27,28)17-10-5-8-16(13-17)20(26)22-21-19(25)14-24-12-6-9-15-7-3-4-11-18(15)24/h3-5,7-8,10-11,13H,6,9,12,14H2,1-2H3,(H,21,25)(H,22,26). The summed E-state index contributed by atoms with van der Waals surface area (Å²) in [4.78, 5) is 26.6. The van der Waals surface area contributed by atoms with Crippen LogP contribution < -0.4 is 15.8 Å². The van der Waals surface area contributed by atoms with Crippen LogP contribution in [0.5, 0.6) is 0 Å². The van der Waals surface area contributed by atoms with E-state index in [0.29, 0.717) is 0 Å². The Bertz CT molecular complexity index is 1020. The lowest BCUT2D eigenvalue weighted by atomic mass is 10.0. The van der Waals surface area contributed by atoms with Crippen LogP contribution in [0.2, 0.25) is 0 Å². The molecule has 0 aromatic heterocycles. The van der Waals surface area contributed by atoms with E-state index in [9.17, 15) is 18.0 Å². The van der Waals surface area contributed by atoms with Crippen molar-refractivity contribution in [3.8, 4) is 0 Å². The summed E-state index contributed by atoms with van der Waals surface area (Å²) in [5, 5.41) is 0. The van der Waals surface area contributed by atoms with Crippen molar-refractivity contribution in [2.45, 2.75) is 17.7 Å². The second kappa shape index (κ2) is 8.62. The highest BCUT2D eigenvalue weighted by molar-refractivity contribution is 7.89. The minimum atomic E-state index is -3.65. The number of hydrazine groups is 1. The maximum Gasteiger partial charge on any atom is 0.269 e. The molecule has 0 atom stereocenters. The molecule has 2 aromatic rings. The first-order chi connectivity index (χ1) is 13.8. The summed E-state index contributed by atoms with van der Waals surface area (Å²) < 4.78 is 25.5. The lowest BCUT2D eigenvalue weighted by molar-refractivity contribution is -0.120. The minimum Gasteiger partial charge on any atom is -0.362 e. The molecule has 0 aliphatic carbocycles. The Morgan fingerprint density at radius 2 is 1.83 bits per heavy atom. The topological polar surface area (TPSA) is 98.8 Å². The van der Waals surface area contributed by atoms with E-state index in [2.05, 4.69) is 16.9 Å². The highest BCUT2D eigenvalue weighted by atomic mass is 32.2. The van der Waals surface area contributed by atoms with Gasteiger partial charge in [0.25, 0.3) is 11.8 Å². The zero-order chi connectivity index (χ0) is 21.0. The number of carbonyl (C=O) groups is 2. The average molecular weight is 417 g/mol. The number of rotatable bonds is 5. The maximum absolute atomic E-state index is 12.3. The summed E-state index contributed by atoms with van der Waals surface area (Å²) in [6.07, 6.45) is 1.95. The van der Waals surface area contributed by atoms with Crippen LogP contribution >= 0.6 is 0 Å². The van der Waals surface area contributed by atoms with Crippen molar-refractivity contribution in [1.82, 2.24) is 15.2 Å². The number of hydrogen-bond acceptors (Lipinski definition) is 5. The van der Waals surface area contributed by atoms with Gasteiger partial charge in [0.05, 0.1) is 11.4 Å². The van der Waals surface area contributed by atoms with E-state index in [1.807, 2.05) is 23.1 Å². The molecule has 0 saturated heterocycles. The molecule has 1 aliphatic heterocycles. The molecule has 2 aromatic carbocycles. The van der Waals surface area contributed by atoms with Gasteiger partial charge in [-0.15, -0.1) is 0 Å². The normalized spacial score (nSPS) is 13.7. The largest absolute Gasteiger partial charge is 0.362 e. The number of aryl methyl sites for hydroxylation is 1. The summed E-state index contributed by atoms with van der Waals surface area (Å²) in [6, 6.07) is 13.6. The molecule has 9 heteroatoms. The van der Waals surface area contributed by atoms with E-state index in [0.717, 1.165) is 29.4 Å². The number of carbonyl (C=O) groups excluding carboxylic acids is 2. The highest BCUT2D eigenvalue weighted by Crippen LogP contribution is 2.26.